The number of halogens is 2. The van der Waals surface area contributed by atoms with Crippen LogP contribution in [-0.4, -0.2) is 61.8 Å². The lowest BCUT2D eigenvalue weighted by molar-refractivity contribution is -0.0512. The van der Waals surface area contributed by atoms with Crippen molar-refractivity contribution in [1.29, 1.82) is 0 Å². The van der Waals surface area contributed by atoms with Crippen molar-refractivity contribution in [3.63, 3.8) is 0 Å². The zero-order valence-electron chi connectivity index (χ0n) is 15.7. The van der Waals surface area contributed by atoms with E-state index in [2.05, 4.69) is 33.8 Å². The first-order chi connectivity index (χ1) is 12.3. The highest BCUT2D eigenvalue weighted by Crippen LogP contribution is 2.30. The maximum Gasteiger partial charge on any atom is 0.387 e. The SMILES string of the molecule is CN=C(NCCc1ccc(OC)c(OC(F)F)c1)N1CCSC(C)(C)C1. The Morgan fingerprint density at radius 2 is 2.15 bits per heavy atom. The fourth-order valence-corrected chi connectivity index (χ4v) is 4.02. The molecule has 0 amide bonds. The predicted octanol–water partition coefficient (Wildman–Crippen LogP) is 3.24. The Bertz CT molecular complexity index is 626. The molecule has 0 bridgehead atoms. The Balaban J connectivity index is 1.93. The van der Waals surface area contributed by atoms with Crippen LogP contribution in [0.3, 0.4) is 0 Å². The summed E-state index contributed by atoms with van der Waals surface area (Å²) < 4.78 is 34.8. The van der Waals surface area contributed by atoms with Crippen LogP contribution >= 0.6 is 11.8 Å². The third-order valence-corrected chi connectivity index (χ3v) is 5.38. The van der Waals surface area contributed by atoms with Crippen molar-refractivity contribution >= 4 is 17.7 Å². The van der Waals surface area contributed by atoms with Gasteiger partial charge in [-0.1, -0.05) is 6.07 Å². The molecule has 0 atom stereocenters. The Hall–Kier alpha value is -1.70. The molecule has 0 unspecified atom stereocenters. The normalized spacial score (nSPS) is 17.3. The van der Waals surface area contributed by atoms with E-state index in [4.69, 9.17) is 4.74 Å². The van der Waals surface area contributed by atoms with Gasteiger partial charge in [-0.2, -0.15) is 20.5 Å². The van der Waals surface area contributed by atoms with Gasteiger partial charge in [-0.05, 0) is 38.0 Å². The lowest BCUT2D eigenvalue weighted by Gasteiger charge is -2.39. The van der Waals surface area contributed by atoms with Crippen LogP contribution in [0, 0.1) is 0 Å². The Morgan fingerprint density at radius 1 is 1.38 bits per heavy atom. The van der Waals surface area contributed by atoms with E-state index in [1.165, 1.54) is 7.11 Å². The molecule has 5 nitrogen and oxygen atoms in total. The third kappa shape index (κ3) is 5.93. The first-order valence-electron chi connectivity index (χ1n) is 8.56. The van der Waals surface area contributed by atoms with Crippen molar-refractivity contribution in [3.05, 3.63) is 23.8 Å². The number of aliphatic imine (C=N–C) groups is 1. The number of rotatable bonds is 6. The van der Waals surface area contributed by atoms with Gasteiger partial charge in [-0.15, -0.1) is 0 Å². The van der Waals surface area contributed by atoms with Gasteiger partial charge < -0.3 is 19.7 Å². The number of thioether (sulfide) groups is 1. The monoisotopic (exact) mass is 387 g/mol. The van der Waals surface area contributed by atoms with Crippen molar-refractivity contribution in [1.82, 2.24) is 10.2 Å². The van der Waals surface area contributed by atoms with Crippen LogP contribution in [-0.2, 0) is 6.42 Å². The zero-order chi connectivity index (χ0) is 19.2. The molecule has 146 valence electrons. The van der Waals surface area contributed by atoms with Crippen molar-refractivity contribution in [3.8, 4) is 11.5 Å². The van der Waals surface area contributed by atoms with Gasteiger partial charge in [-0.25, -0.2) is 0 Å². The fraction of sp³-hybridized carbons (Fsp3) is 0.611. The summed E-state index contributed by atoms with van der Waals surface area (Å²) in [4.78, 5) is 6.63. The molecule has 1 saturated heterocycles. The van der Waals surface area contributed by atoms with E-state index in [1.807, 2.05) is 17.8 Å². The van der Waals surface area contributed by atoms with E-state index in [0.717, 1.165) is 30.4 Å². The van der Waals surface area contributed by atoms with Gasteiger partial charge in [0, 0.05) is 37.2 Å². The molecule has 0 saturated carbocycles. The number of alkyl halides is 2. The molecule has 0 aromatic heterocycles. The minimum atomic E-state index is -2.88. The fourth-order valence-electron chi connectivity index (χ4n) is 2.91. The van der Waals surface area contributed by atoms with Crippen LogP contribution in [0.2, 0.25) is 0 Å². The molecule has 1 heterocycles. The number of benzene rings is 1. The summed E-state index contributed by atoms with van der Waals surface area (Å²) in [5, 5.41) is 3.36. The van der Waals surface area contributed by atoms with Gasteiger partial charge in [-0.3, -0.25) is 4.99 Å². The van der Waals surface area contributed by atoms with Gasteiger partial charge in [0.15, 0.2) is 17.5 Å². The summed E-state index contributed by atoms with van der Waals surface area (Å²) in [5.74, 6) is 2.29. The highest BCUT2D eigenvalue weighted by molar-refractivity contribution is 8.00. The number of nitrogens with one attached hydrogen (secondary N) is 1. The number of ether oxygens (including phenoxy) is 2. The maximum atomic E-state index is 12.5. The van der Waals surface area contributed by atoms with Gasteiger partial charge in [0.2, 0.25) is 0 Å². The minimum Gasteiger partial charge on any atom is -0.493 e. The first kappa shape index (κ1) is 20.6. The van der Waals surface area contributed by atoms with Crippen LogP contribution in [0.15, 0.2) is 23.2 Å². The van der Waals surface area contributed by atoms with E-state index in [1.54, 1.807) is 19.2 Å². The van der Waals surface area contributed by atoms with Crippen LogP contribution in [0.5, 0.6) is 11.5 Å². The molecule has 1 aliphatic rings. The standard InChI is InChI=1S/C18H27F2N3O2S/c1-18(2)12-23(9-10-26-18)17(21-3)22-8-7-13-5-6-14(24-4)15(11-13)25-16(19)20/h5-6,11,16H,7-10,12H2,1-4H3,(H,21,22). The van der Waals surface area contributed by atoms with Gasteiger partial charge in [0.1, 0.15) is 0 Å². The summed E-state index contributed by atoms with van der Waals surface area (Å²) in [6.07, 6.45) is 0.661. The number of nitrogens with zero attached hydrogens (tertiary/aromatic N) is 2. The summed E-state index contributed by atoms with van der Waals surface area (Å²) in [5.41, 5.74) is 0.888. The van der Waals surface area contributed by atoms with Gasteiger partial charge in [0.25, 0.3) is 0 Å². The topological polar surface area (TPSA) is 46.1 Å². The number of methoxy groups -OCH3 is 1. The zero-order valence-corrected chi connectivity index (χ0v) is 16.5. The summed E-state index contributed by atoms with van der Waals surface area (Å²) >= 11 is 1.97. The van der Waals surface area contributed by atoms with Gasteiger partial charge >= 0.3 is 6.61 Å². The molecule has 8 heteroatoms. The molecule has 1 N–H and O–H groups in total. The lowest BCUT2D eigenvalue weighted by Crippen LogP contribution is -2.51. The minimum absolute atomic E-state index is 0.0548. The molecule has 1 aromatic rings. The van der Waals surface area contributed by atoms with E-state index in [-0.39, 0.29) is 10.5 Å². The van der Waals surface area contributed by atoms with E-state index in [9.17, 15) is 8.78 Å². The number of guanidine groups is 1. The predicted molar refractivity (Wildman–Crippen MR) is 103 cm³/mol. The van der Waals surface area contributed by atoms with Crippen molar-refractivity contribution in [2.75, 3.05) is 39.5 Å². The Kier molecular flexibility index (Phi) is 7.37. The van der Waals surface area contributed by atoms with Crippen molar-refractivity contribution < 1.29 is 18.3 Å². The molecule has 2 rings (SSSR count). The smallest absolute Gasteiger partial charge is 0.387 e. The lowest BCUT2D eigenvalue weighted by atomic mass is 10.1. The van der Waals surface area contributed by atoms with Crippen LogP contribution < -0.4 is 14.8 Å². The van der Waals surface area contributed by atoms with Crippen LogP contribution in [0.1, 0.15) is 19.4 Å². The molecule has 0 spiro atoms. The Morgan fingerprint density at radius 3 is 2.77 bits per heavy atom. The summed E-state index contributed by atoms with van der Waals surface area (Å²) in [6, 6.07) is 5.09. The highest BCUT2D eigenvalue weighted by atomic mass is 32.2. The van der Waals surface area contributed by atoms with Crippen molar-refractivity contribution in [2.45, 2.75) is 31.6 Å². The maximum absolute atomic E-state index is 12.5. The van der Waals surface area contributed by atoms with Crippen LogP contribution in [0.25, 0.3) is 0 Å². The Labute approximate surface area is 158 Å². The molecule has 1 fully saturated rings. The second kappa shape index (κ2) is 9.30. The average Bonchev–Trinajstić information content (AvgIpc) is 2.57. The third-order valence-electron chi connectivity index (χ3n) is 4.08. The molecule has 0 radical (unpaired) electrons. The quantitative estimate of drug-likeness (QED) is 0.600. The van der Waals surface area contributed by atoms with E-state index >= 15 is 0 Å². The van der Waals surface area contributed by atoms with E-state index in [0.29, 0.717) is 18.7 Å². The second-order valence-corrected chi connectivity index (χ2v) is 8.42. The number of hydrogen-bond acceptors (Lipinski definition) is 4. The molecule has 1 aliphatic heterocycles. The number of hydrogen-bond donors (Lipinski definition) is 1. The largest absolute Gasteiger partial charge is 0.493 e. The molecular weight excluding hydrogens is 360 g/mol. The molecule has 1 aromatic carbocycles. The summed E-state index contributed by atoms with van der Waals surface area (Å²) in [7, 11) is 3.20. The summed E-state index contributed by atoms with van der Waals surface area (Å²) in [6.45, 7) is 4.14. The molecule has 26 heavy (non-hydrogen) atoms. The van der Waals surface area contributed by atoms with Gasteiger partial charge in [0.05, 0.1) is 7.11 Å². The second-order valence-electron chi connectivity index (χ2n) is 6.62. The van der Waals surface area contributed by atoms with E-state index < -0.39 is 6.61 Å². The molecular formula is C18H27F2N3O2S. The average molecular weight is 387 g/mol. The first-order valence-corrected chi connectivity index (χ1v) is 9.54. The molecule has 0 aliphatic carbocycles. The van der Waals surface area contributed by atoms with Crippen LogP contribution in [0.4, 0.5) is 8.78 Å². The van der Waals surface area contributed by atoms with Crippen molar-refractivity contribution in [2.24, 2.45) is 4.99 Å². The highest BCUT2D eigenvalue weighted by Gasteiger charge is 2.28.